The molecule has 0 unspecified atom stereocenters. The van der Waals surface area contributed by atoms with Gasteiger partial charge in [-0.05, 0) is 35.0 Å². The fourth-order valence-electron chi connectivity index (χ4n) is 2.57. The van der Waals surface area contributed by atoms with Crippen LogP contribution in [-0.4, -0.2) is 9.78 Å². The fraction of sp³-hybridized carbons (Fsp3) is 0.353. The fourth-order valence-corrected chi connectivity index (χ4v) is 3.34. The highest BCUT2D eigenvalue weighted by molar-refractivity contribution is 7.17. The zero-order chi connectivity index (χ0) is 15.0. The minimum atomic E-state index is 0.0651. The molecule has 0 saturated carbocycles. The lowest BCUT2D eigenvalue weighted by Crippen LogP contribution is -2.16. The van der Waals surface area contributed by atoms with E-state index in [4.69, 9.17) is 0 Å². The Morgan fingerprint density at radius 1 is 1.24 bits per heavy atom. The van der Waals surface area contributed by atoms with Gasteiger partial charge in [0.15, 0.2) is 0 Å². The number of nitrogens with one attached hydrogen (secondary N) is 1. The number of rotatable bonds is 3. The quantitative estimate of drug-likeness (QED) is 0.769. The van der Waals surface area contributed by atoms with Gasteiger partial charge in [-0.25, -0.2) is 0 Å². The molecule has 2 heterocycles. The van der Waals surface area contributed by atoms with E-state index in [1.807, 2.05) is 11.7 Å². The van der Waals surface area contributed by atoms with E-state index in [1.54, 1.807) is 11.3 Å². The molecule has 0 spiro atoms. The van der Waals surface area contributed by atoms with Crippen LogP contribution in [0.15, 0.2) is 35.8 Å². The molecule has 21 heavy (non-hydrogen) atoms. The number of thiophene rings is 1. The summed E-state index contributed by atoms with van der Waals surface area (Å²) in [4.78, 5) is 0. The number of benzene rings is 1. The molecule has 0 fully saturated rings. The molecule has 110 valence electrons. The smallest absolute Gasteiger partial charge is 0.0727 e. The Bertz CT molecular complexity index is 762. The Hall–Kier alpha value is -1.81. The highest BCUT2D eigenvalue weighted by Gasteiger charge is 2.21. The molecule has 0 amide bonds. The van der Waals surface area contributed by atoms with Crippen molar-refractivity contribution < 1.29 is 0 Å². The summed E-state index contributed by atoms with van der Waals surface area (Å²) in [6, 6.07) is 8.69. The maximum atomic E-state index is 4.61. The third-order valence-corrected chi connectivity index (χ3v) is 4.45. The third kappa shape index (κ3) is 2.95. The molecular weight excluding hydrogens is 278 g/mol. The Morgan fingerprint density at radius 3 is 2.81 bits per heavy atom. The van der Waals surface area contributed by atoms with E-state index in [0.717, 1.165) is 17.9 Å². The lowest BCUT2D eigenvalue weighted by molar-refractivity contribution is 0.549. The van der Waals surface area contributed by atoms with Gasteiger partial charge in [0, 0.05) is 41.2 Å². The van der Waals surface area contributed by atoms with E-state index >= 15 is 0 Å². The van der Waals surface area contributed by atoms with E-state index in [9.17, 15) is 0 Å². The van der Waals surface area contributed by atoms with E-state index in [0.29, 0.717) is 0 Å². The van der Waals surface area contributed by atoms with Gasteiger partial charge in [0.05, 0.1) is 5.69 Å². The van der Waals surface area contributed by atoms with Gasteiger partial charge >= 0.3 is 0 Å². The molecule has 0 atom stereocenters. The second-order valence-electron chi connectivity index (χ2n) is 6.45. The number of fused-ring (bicyclic) bond motifs is 1. The second kappa shape index (κ2) is 5.19. The van der Waals surface area contributed by atoms with Gasteiger partial charge in [-0.15, -0.1) is 11.3 Å². The predicted octanol–water partition coefficient (Wildman–Crippen LogP) is 4.54. The Kier molecular flexibility index (Phi) is 3.49. The van der Waals surface area contributed by atoms with Crippen molar-refractivity contribution in [2.45, 2.75) is 32.7 Å². The first-order valence-electron chi connectivity index (χ1n) is 7.17. The second-order valence-corrected chi connectivity index (χ2v) is 7.40. The first-order chi connectivity index (χ1) is 9.93. The van der Waals surface area contributed by atoms with E-state index in [-0.39, 0.29) is 5.41 Å². The Labute approximate surface area is 129 Å². The van der Waals surface area contributed by atoms with Crippen molar-refractivity contribution in [2.24, 2.45) is 7.05 Å². The van der Waals surface area contributed by atoms with Gasteiger partial charge in [0.25, 0.3) is 0 Å². The van der Waals surface area contributed by atoms with Crippen LogP contribution < -0.4 is 5.32 Å². The van der Waals surface area contributed by atoms with Crippen molar-refractivity contribution in [3.63, 3.8) is 0 Å². The first-order valence-corrected chi connectivity index (χ1v) is 8.05. The zero-order valence-corrected chi connectivity index (χ0v) is 13.8. The topological polar surface area (TPSA) is 29.9 Å². The van der Waals surface area contributed by atoms with Gasteiger partial charge < -0.3 is 5.32 Å². The SMILES string of the molecule is Cn1cc(CNc2ccc3sccc3c2)c(C(C)(C)C)n1. The van der Waals surface area contributed by atoms with Crippen LogP contribution in [0, 0.1) is 0 Å². The van der Waals surface area contributed by atoms with Gasteiger partial charge in [-0.3, -0.25) is 4.68 Å². The summed E-state index contributed by atoms with van der Waals surface area (Å²) in [5.41, 5.74) is 3.64. The number of anilines is 1. The Balaban J connectivity index is 1.81. The normalized spacial score (nSPS) is 12.0. The summed E-state index contributed by atoms with van der Waals surface area (Å²) in [6.45, 7) is 7.42. The molecule has 1 aromatic carbocycles. The lowest BCUT2D eigenvalue weighted by Gasteiger charge is -2.18. The molecule has 4 heteroatoms. The molecule has 0 aliphatic carbocycles. The molecule has 1 N–H and O–H groups in total. The summed E-state index contributed by atoms with van der Waals surface area (Å²) >= 11 is 1.78. The maximum Gasteiger partial charge on any atom is 0.0727 e. The third-order valence-electron chi connectivity index (χ3n) is 3.55. The van der Waals surface area contributed by atoms with Crippen molar-refractivity contribution in [1.29, 1.82) is 0 Å². The highest BCUT2D eigenvalue weighted by atomic mass is 32.1. The van der Waals surface area contributed by atoms with Crippen LogP contribution in [0.3, 0.4) is 0 Å². The van der Waals surface area contributed by atoms with Crippen LogP contribution in [0.1, 0.15) is 32.0 Å². The summed E-state index contributed by atoms with van der Waals surface area (Å²) in [5.74, 6) is 0. The standard InChI is InChI=1S/C17H21N3S/c1-17(2,3)16-13(11-20(4)19-16)10-18-14-5-6-15-12(9-14)7-8-21-15/h5-9,11,18H,10H2,1-4H3. The monoisotopic (exact) mass is 299 g/mol. The van der Waals surface area contributed by atoms with Crippen molar-refractivity contribution in [3.8, 4) is 0 Å². The number of aryl methyl sites for hydroxylation is 1. The number of aromatic nitrogens is 2. The van der Waals surface area contributed by atoms with Crippen molar-refractivity contribution in [2.75, 3.05) is 5.32 Å². The van der Waals surface area contributed by atoms with Crippen LogP contribution in [0.5, 0.6) is 0 Å². The van der Waals surface area contributed by atoms with Crippen LogP contribution in [0.25, 0.3) is 10.1 Å². The summed E-state index contributed by atoms with van der Waals surface area (Å²) < 4.78 is 3.23. The predicted molar refractivity (Wildman–Crippen MR) is 91.1 cm³/mol. The number of nitrogens with zero attached hydrogens (tertiary/aromatic N) is 2. The average molecular weight is 299 g/mol. The minimum absolute atomic E-state index is 0.0651. The molecule has 0 aliphatic rings. The van der Waals surface area contributed by atoms with Crippen LogP contribution in [0.4, 0.5) is 5.69 Å². The van der Waals surface area contributed by atoms with Gasteiger partial charge in [-0.2, -0.15) is 5.10 Å². The molecule has 0 radical (unpaired) electrons. The minimum Gasteiger partial charge on any atom is -0.381 e. The van der Waals surface area contributed by atoms with Crippen LogP contribution in [-0.2, 0) is 19.0 Å². The molecular formula is C17H21N3S. The van der Waals surface area contributed by atoms with Gasteiger partial charge in [0.2, 0.25) is 0 Å². The van der Waals surface area contributed by atoms with Gasteiger partial charge in [-0.1, -0.05) is 20.8 Å². The van der Waals surface area contributed by atoms with Crippen molar-refractivity contribution in [1.82, 2.24) is 9.78 Å². The molecule has 0 saturated heterocycles. The van der Waals surface area contributed by atoms with Gasteiger partial charge in [0.1, 0.15) is 0 Å². The van der Waals surface area contributed by atoms with Crippen LogP contribution >= 0.6 is 11.3 Å². The molecule has 3 nitrogen and oxygen atoms in total. The largest absolute Gasteiger partial charge is 0.381 e. The summed E-state index contributed by atoms with van der Waals surface area (Å²) in [5, 5.41) is 11.6. The van der Waals surface area contributed by atoms with E-state index in [1.165, 1.54) is 15.6 Å². The van der Waals surface area contributed by atoms with Crippen molar-refractivity contribution in [3.05, 3.63) is 47.1 Å². The lowest BCUT2D eigenvalue weighted by atomic mass is 9.89. The molecule has 0 bridgehead atoms. The zero-order valence-electron chi connectivity index (χ0n) is 13.0. The molecule has 3 aromatic rings. The molecule has 0 aliphatic heterocycles. The molecule has 2 aromatic heterocycles. The molecule has 3 rings (SSSR count). The highest BCUT2D eigenvalue weighted by Crippen LogP contribution is 2.26. The van der Waals surface area contributed by atoms with Crippen molar-refractivity contribution >= 4 is 27.1 Å². The summed E-state index contributed by atoms with van der Waals surface area (Å²) in [6.07, 6.45) is 2.11. The summed E-state index contributed by atoms with van der Waals surface area (Å²) in [7, 11) is 1.98. The first kappa shape index (κ1) is 14.1. The van der Waals surface area contributed by atoms with E-state index in [2.05, 4.69) is 67.0 Å². The number of hydrogen-bond donors (Lipinski definition) is 1. The van der Waals surface area contributed by atoms with Crippen LogP contribution in [0.2, 0.25) is 0 Å². The number of hydrogen-bond acceptors (Lipinski definition) is 3. The maximum absolute atomic E-state index is 4.61. The van der Waals surface area contributed by atoms with E-state index < -0.39 is 0 Å². The average Bonchev–Trinajstić information content (AvgIpc) is 3.01. The Morgan fingerprint density at radius 2 is 2.05 bits per heavy atom.